The number of carboxylic acid groups (broad SMARTS) is 1. The Morgan fingerprint density at radius 1 is 0.821 bits per heavy atom. The molecule has 0 aliphatic carbocycles. The van der Waals surface area contributed by atoms with Gasteiger partial charge >= 0.3 is 5.97 Å². The predicted octanol–water partition coefficient (Wildman–Crippen LogP) is 3.27. The van der Waals surface area contributed by atoms with E-state index < -0.39 is 5.97 Å². The van der Waals surface area contributed by atoms with Crippen LogP contribution >= 0.6 is 0 Å². The van der Waals surface area contributed by atoms with E-state index in [1.807, 2.05) is 21.9 Å². The SMILES string of the molecule is O=C(O)c1ccc([C@H]2CCCN(C(=O)CCC(=O)N3CCCCCC3)C2)cc1. The third-order valence-electron chi connectivity index (χ3n) is 5.91. The van der Waals surface area contributed by atoms with Crippen LogP contribution in [0.15, 0.2) is 24.3 Å². The van der Waals surface area contributed by atoms with Crippen LogP contribution in [0.4, 0.5) is 0 Å². The minimum atomic E-state index is -0.930. The standard InChI is InChI=1S/C22H30N2O4/c25-20(23-13-3-1-2-4-14-23)11-12-21(26)24-15-5-6-19(16-24)17-7-9-18(10-8-17)22(27)28/h7-10,19H,1-6,11-16H2,(H,27,28)/t19-/m0/s1. The maximum Gasteiger partial charge on any atom is 0.335 e. The molecule has 1 aromatic carbocycles. The Kier molecular flexibility index (Phi) is 7.06. The summed E-state index contributed by atoms with van der Waals surface area (Å²) in [6.45, 7) is 3.03. The number of carboxylic acids is 1. The first-order valence-corrected chi connectivity index (χ1v) is 10.4. The largest absolute Gasteiger partial charge is 0.478 e. The van der Waals surface area contributed by atoms with Gasteiger partial charge in [-0.25, -0.2) is 4.79 Å². The van der Waals surface area contributed by atoms with Crippen LogP contribution in [0.2, 0.25) is 0 Å². The van der Waals surface area contributed by atoms with Gasteiger partial charge in [0.25, 0.3) is 0 Å². The monoisotopic (exact) mass is 386 g/mol. The fraction of sp³-hybridized carbons (Fsp3) is 0.591. The van der Waals surface area contributed by atoms with E-state index in [4.69, 9.17) is 5.11 Å². The number of amides is 2. The summed E-state index contributed by atoms with van der Waals surface area (Å²) in [6.07, 6.45) is 6.99. The lowest BCUT2D eigenvalue weighted by atomic mass is 9.90. The van der Waals surface area contributed by atoms with Gasteiger partial charge in [0.2, 0.25) is 11.8 Å². The van der Waals surface area contributed by atoms with E-state index in [2.05, 4.69) is 0 Å². The smallest absolute Gasteiger partial charge is 0.335 e. The number of likely N-dealkylation sites (tertiary alicyclic amines) is 2. The predicted molar refractivity (Wildman–Crippen MR) is 106 cm³/mol. The number of hydrogen-bond donors (Lipinski definition) is 1. The summed E-state index contributed by atoms with van der Waals surface area (Å²) in [6, 6.07) is 6.95. The Hall–Kier alpha value is -2.37. The number of nitrogens with zero attached hydrogens (tertiary/aromatic N) is 2. The summed E-state index contributed by atoms with van der Waals surface area (Å²) in [4.78, 5) is 39.9. The fourth-order valence-electron chi connectivity index (χ4n) is 4.22. The highest BCUT2D eigenvalue weighted by molar-refractivity contribution is 5.87. The van der Waals surface area contributed by atoms with Crippen LogP contribution in [-0.2, 0) is 9.59 Å². The maximum atomic E-state index is 12.7. The number of piperidine rings is 1. The van der Waals surface area contributed by atoms with Crippen LogP contribution in [0.25, 0.3) is 0 Å². The summed E-state index contributed by atoms with van der Waals surface area (Å²) >= 11 is 0. The molecule has 2 heterocycles. The first-order valence-electron chi connectivity index (χ1n) is 10.4. The minimum Gasteiger partial charge on any atom is -0.478 e. The first kappa shape index (κ1) is 20.4. The summed E-state index contributed by atoms with van der Waals surface area (Å²) in [5.74, 6) is -0.550. The minimum absolute atomic E-state index is 0.0510. The molecule has 0 unspecified atom stereocenters. The van der Waals surface area contributed by atoms with Crippen LogP contribution in [0.5, 0.6) is 0 Å². The Morgan fingerprint density at radius 3 is 2.00 bits per heavy atom. The molecule has 6 nitrogen and oxygen atoms in total. The van der Waals surface area contributed by atoms with Crippen LogP contribution < -0.4 is 0 Å². The number of benzene rings is 1. The van der Waals surface area contributed by atoms with Crippen LogP contribution in [0.3, 0.4) is 0 Å². The van der Waals surface area contributed by atoms with Gasteiger partial charge in [0, 0.05) is 44.9 Å². The number of carbonyl (C=O) groups excluding carboxylic acids is 2. The summed E-state index contributed by atoms with van der Waals surface area (Å²) in [5, 5.41) is 9.03. The van der Waals surface area contributed by atoms with Crippen molar-refractivity contribution >= 4 is 17.8 Å². The normalized spacial score (nSPS) is 20.5. The van der Waals surface area contributed by atoms with Crippen molar-refractivity contribution in [2.75, 3.05) is 26.2 Å². The molecule has 0 aromatic heterocycles. The molecule has 2 fully saturated rings. The van der Waals surface area contributed by atoms with Gasteiger partial charge in [-0.15, -0.1) is 0 Å². The second-order valence-corrected chi connectivity index (χ2v) is 7.90. The van der Waals surface area contributed by atoms with Crippen LogP contribution in [0, 0.1) is 0 Å². The Labute approximate surface area is 166 Å². The lowest BCUT2D eigenvalue weighted by molar-refractivity contribution is -0.137. The molecule has 1 aromatic rings. The number of aromatic carboxylic acids is 1. The zero-order chi connectivity index (χ0) is 19.9. The molecule has 0 radical (unpaired) electrons. The summed E-state index contributed by atoms with van der Waals surface area (Å²) in [5.41, 5.74) is 1.35. The van der Waals surface area contributed by atoms with E-state index in [1.54, 1.807) is 12.1 Å². The molecule has 1 atom stereocenters. The number of hydrogen-bond acceptors (Lipinski definition) is 3. The van der Waals surface area contributed by atoms with Crippen molar-refractivity contribution in [1.29, 1.82) is 0 Å². The third-order valence-corrected chi connectivity index (χ3v) is 5.91. The molecule has 2 saturated heterocycles. The highest BCUT2D eigenvalue weighted by Gasteiger charge is 2.26. The van der Waals surface area contributed by atoms with Gasteiger partial charge in [-0.05, 0) is 43.4 Å². The molecular weight excluding hydrogens is 356 g/mol. The average Bonchev–Trinajstić information content (AvgIpc) is 3.01. The van der Waals surface area contributed by atoms with Gasteiger partial charge in [-0.3, -0.25) is 9.59 Å². The molecule has 152 valence electrons. The summed E-state index contributed by atoms with van der Waals surface area (Å²) < 4.78 is 0. The topological polar surface area (TPSA) is 77.9 Å². The molecular formula is C22H30N2O4. The first-order chi connectivity index (χ1) is 13.5. The Balaban J connectivity index is 1.51. The highest BCUT2D eigenvalue weighted by Crippen LogP contribution is 2.27. The molecule has 0 spiro atoms. The van der Waals surface area contributed by atoms with Gasteiger partial charge in [-0.2, -0.15) is 0 Å². The Bertz CT molecular complexity index is 693. The molecule has 2 aliphatic rings. The molecule has 2 aliphatic heterocycles. The van der Waals surface area contributed by atoms with Crippen LogP contribution in [-0.4, -0.2) is 58.9 Å². The van der Waals surface area contributed by atoms with Crippen molar-refractivity contribution in [2.24, 2.45) is 0 Å². The lowest BCUT2D eigenvalue weighted by Gasteiger charge is -2.33. The molecule has 28 heavy (non-hydrogen) atoms. The number of rotatable bonds is 5. The molecule has 1 N–H and O–H groups in total. The number of carbonyl (C=O) groups is 3. The van der Waals surface area contributed by atoms with E-state index in [1.165, 1.54) is 12.8 Å². The fourth-order valence-corrected chi connectivity index (χ4v) is 4.22. The van der Waals surface area contributed by atoms with Crippen LogP contribution in [0.1, 0.15) is 73.2 Å². The second kappa shape index (κ2) is 9.71. The van der Waals surface area contributed by atoms with E-state index in [9.17, 15) is 14.4 Å². The molecule has 0 bridgehead atoms. The van der Waals surface area contributed by atoms with Crippen molar-refractivity contribution in [3.63, 3.8) is 0 Å². The van der Waals surface area contributed by atoms with Gasteiger partial charge in [-0.1, -0.05) is 25.0 Å². The van der Waals surface area contributed by atoms with Gasteiger partial charge in [0.05, 0.1) is 5.56 Å². The summed E-state index contributed by atoms with van der Waals surface area (Å²) in [7, 11) is 0. The van der Waals surface area contributed by atoms with Crippen molar-refractivity contribution in [2.45, 2.75) is 57.3 Å². The van der Waals surface area contributed by atoms with Crippen molar-refractivity contribution in [3.05, 3.63) is 35.4 Å². The Morgan fingerprint density at radius 2 is 1.39 bits per heavy atom. The van der Waals surface area contributed by atoms with Crippen molar-refractivity contribution in [3.8, 4) is 0 Å². The maximum absolute atomic E-state index is 12.7. The second-order valence-electron chi connectivity index (χ2n) is 7.90. The highest BCUT2D eigenvalue weighted by atomic mass is 16.4. The van der Waals surface area contributed by atoms with Gasteiger partial charge in [0.15, 0.2) is 0 Å². The lowest BCUT2D eigenvalue weighted by Crippen LogP contribution is -2.40. The molecule has 6 heteroatoms. The molecule has 2 amide bonds. The molecule has 3 rings (SSSR count). The van der Waals surface area contributed by atoms with E-state index in [0.29, 0.717) is 13.0 Å². The van der Waals surface area contributed by atoms with Gasteiger partial charge < -0.3 is 14.9 Å². The van der Waals surface area contributed by atoms with E-state index >= 15 is 0 Å². The van der Waals surface area contributed by atoms with E-state index in [-0.39, 0.29) is 29.7 Å². The van der Waals surface area contributed by atoms with Crippen molar-refractivity contribution in [1.82, 2.24) is 9.80 Å². The average molecular weight is 386 g/mol. The van der Waals surface area contributed by atoms with Gasteiger partial charge in [0.1, 0.15) is 0 Å². The van der Waals surface area contributed by atoms with Crippen molar-refractivity contribution < 1.29 is 19.5 Å². The zero-order valence-electron chi connectivity index (χ0n) is 16.4. The third kappa shape index (κ3) is 5.33. The zero-order valence-corrected chi connectivity index (χ0v) is 16.4. The quantitative estimate of drug-likeness (QED) is 0.842. The molecule has 0 saturated carbocycles. The van der Waals surface area contributed by atoms with E-state index in [0.717, 1.165) is 50.9 Å².